The van der Waals surface area contributed by atoms with Crippen LogP contribution >= 0.6 is 24.0 Å². The Morgan fingerprint density at radius 2 is 2.11 bits per heavy atom. The summed E-state index contributed by atoms with van der Waals surface area (Å²) >= 11 is 6.63. The van der Waals surface area contributed by atoms with Crippen LogP contribution in [-0.2, 0) is 4.79 Å². The molecule has 1 aromatic rings. The van der Waals surface area contributed by atoms with E-state index in [9.17, 15) is 4.79 Å². The number of nitrogens with zero attached hydrogens (tertiary/aromatic N) is 1. The number of amides is 1. The highest BCUT2D eigenvalue weighted by atomic mass is 32.2. The van der Waals surface area contributed by atoms with Gasteiger partial charge in [0, 0.05) is 6.54 Å². The maximum Gasteiger partial charge on any atom is 0.266 e. The molecule has 1 aliphatic rings. The summed E-state index contributed by atoms with van der Waals surface area (Å²) in [6, 6.07) is 8.03. The topological polar surface area (TPSA) is 20.3 Å². The molecule has 1 heterocycles. The molecule has 1 fully saturated rings. The molecule has 0 saturated carbocycles. The van der Waals surface area contributed by atoms with E-state index >= 15 is 0 Å². The van der Waals surface area contributed by atoms with Crippen molar-refractivity contribution in [2.75, 3.05) is 6.54 Å². The molecular formula is C14H15NOS2. The van der Waals surface area contributed by atoms with Crippen molar-refractivity contribution in [2.24, 2.45) is 0 Å². The minimum absolute atomic E-state index is 0.0371. The lowest BCUT2D eigenvalue weighted by molar-refractivity contribution is -0.122. The average molecular weight is 277 g/mol. The van der Waals surface area contributed by atoms with Gasteiger partial charge in [-0.15, -0.1) is 0 Å². The molecule has 0 aliphatic carbocycles. The molecule has 18 heavy (non-hydrogen) atoms. The van der Waals surface area contributed by atoms with E-state index in [1.165, 1.54) is 17.3 Å². The van der Waals surface area contributed by atoms with Crippen LogP contribution < -0.4 is 0 Å². The number of aryl methyl sites for hydroxylation is 1. The lowest BCUT2D eigenvalue weighted by Gasteiger charge is -2.11. The van der Waals surface area contributed by atoms with E-state index in [1.54, 1.807) is 4.90 Å². The van der Waals surface area contributed by atoms with Crippen molar-refractivity contribution in [3.63, 3.8) is 0 Å². The van der Waals surface area contributed by atoms with Gasteiger partial charge in [0.15, 0.2) is 0 Å². The van der Waals surface area contributed by atoms with E-state index in [4.69, 9.17) is 12.2 Å². The van der Waals surface area contributed by atoms with Crippen LogP contribution in [0.1, 0.15) is 24.5 Å². The number of carbonyl (C=O) groups is 1. The van der Waals surface area contributed by atoms with Gasteiger partial charge in [-0.1, -0.05) is 55.2 Å². The van der Waals surface area contributed by atoms with Gasteiger partial charge >= 0.3 is 0 Å². The van der Waals surface area contributed by atoms with Gasteiger partial charge in [0.25, 0.3) is 5.91 Å². The van der Waals surface area contributed by atoms with E-state index in [-0.39, 0.29) is 5.91 Å². The van der Waals surface area contributed by atoms with Crippen LogP contribution in [0.4, 0.5) is 0 Å². The molecule has 0 N–H and O–H groups in total. The first-order valence-electron chi connectivity index (χ1n) is 5.94. The van der Waals surface area contributed by atoms with Gasteiger partial charge in [-0.3, -0.25) is 9.69 Å². The Hall–Kier alpha value is -1.13. The van der Waals surface area contributed by atoms with Crippen molar-refractivity contribution >= 4 is 40.3 Å². The van der Waals surface area contributed by atoms with Crippen LogP contribution in [0, 0.1) is 6.92 Å². The second-order valence-electron chi connectivity index (χ2n) is 4.19. The smallest absolute Gasteiger partial charge is 0.266 e. The van der Waals surface area contributed by atoms with Crippen molar-refractivity contribution in [2.45, 2.75) is 20.3 Å². The summed E-state index contributed by atoms with van der Waals surface area (Å²) in [5, 5.41) is 0. The summed E-state index contributed by atoms with van der Waals surface area (Å²) < 4.78 is 0.668. The van der Waals surface area contributed by atoms with Gasteiger partial charge < -0.3 is 0 Å². The molecule has 94 valence electrons. The number of hydrogen-bond acceptors (Lipinski definition) is 3. The molecule has 1 saturated heterocycles. The monoisotopic (exact) mass is 277 g/mol. The summed E-state index contributed by atoms with van der Waals surface area (Å²) in [6.45, 7) is 4.79. The molecule has 1 amide bonds. The molecule has 2 rings (SSSR count). The molecule has 2 nitrogen and oxygen atoms in total. The predicted octanol–water partition coefficient (Wildman–Crippen LogP) is 3.61. The number of thiocarbonyl (C=S) groups is 1. The van der Waals surface area contributed by atoms with E-state index < -0.39 is 0 Å². The fourth-order valence-corrected chi connectivity index (χ4v) is 3.11. The second kappa shape index (κ2) is 5.67. The van der Waals surface area contributed by atoms with Crippen molar-refractivity contribution < 1.29 is 4.79 Å². The zero-order chi connectivity index (χ0) is 13.1. The molecule has 0 spiro atoms. The largest absolute Gasteiger partial charge is 0.293 e. The van der Waals surface area contributed by atoms with Crippen LogP contribution in [0.15, 0.2) is 29.2 Å². The first-order valence-corrected chi connectivity index (χ1v) is 7.17. The molecular weight excluding hydrogens is 262 g/mol. The van der Waals surface area contributed by atoms with E-state index in [2.05, 4.69) is 0 Å². The number of hydrogen-bond donors (Lipinski definition) is 0. The molecule has 4 heteroatoms. The fraction of sp³-hybridized carbons (Fsp3) is 0.286. The Morgan fingerprint density at radius 3 is 2.78 bits per heavy atom. The van der Waals surface area contributed by atoms with Crippen LogP contribution in [0.5, 0.6) is 0 Å². The molecule has 0 atom stereocenters. The van der Waals surface area contributed by atoms with Gasteiger partial charge in [-0.25, -0.2) is 0 Å². The molecule has 0 bridgehead atoms. The first kappa shape index (κ1) is 13.3. The summed E-state index contributed by atoms with van der Waals surface area (Å²) in [7, 11) is 0. The van der Waals surface area contributed by atoms with Gasteiger partial charge in [-0.2, -0.15) is 0 Å². The van der Waals surface area contributed by atoms with Crippen LogP contribution in [0.3, 0.4) is 0 Å². The highest BCUT2D eigenvalue weighted by molar-refractivity contribution is 8.26. The van der Waals surface area contributed by atoms with E-state index in [0.29, 0.717) is 10.9 Å². The molecule has 0 aromatic heterocycles. The fourth-order valence-electron chi connectivity index (χ4n) is 1.81. The number of carbonyl (C=O) groups excluding carboxylic acids is 1. The SMILES string of the molecule is CCCN1C(=O)/C(=C/c2ccccc2C)SC1=S. The Morgan fingerprint density at radius 1 is 1.39 bits per heavy atom. The van der Waals surface area contributed by atoms with Crippen LogP contribution in [-0.4, -0.2) is 21.7 Å². The third kappa shape index (κ3) is 2.65. The lowest BCUT2D eigenvalue weighted by atomic mass is 10.1. The predicted molar refractivity (Wildman–Crippen MR) is 81.3 cm³/mol. The second-order valence-corrected chi connectivity index (χ2v) is 5.87. The van der Waals surface area contributed by atoms with Crippen LogP contribution in [0.25, 0.3) is 6.08 Å². The third-order valence-corrected chi connectivity index (χ3v) is 4.17. The van der Waals surface area contributed by atoms with E-state index in [0.717, 1.165) is 16.9 Å². The van der Waals surface area contributed by atoms with Crippen molar-refractivity contribution in [1.29, 1.82) is 0 Å². The van der Waals surface area contributed by atoms with Gasteiger partial charge in [-0.05, 0) is 30.5 Å². The Labute approximate surface area is 117 Å². The van der Waals surface area contributed by atoms with Crippen molar-refractivity contribution in [1.82, 2.24) is 4.90 Å². The number of rotatable bonds is 3. The normalized spacial score (nSPS) is 17.9. The maximum absolute atomic E-state index is 12.2. The molecule has 0 radical (unpaired) electrons. The highest BCUT2D eigenvalue weighted by Crippen LogP contribution is 2.32. The lowest BCUT2D eigenvalue weighted by Crippen LogP contribution is -2.28. The zero-order valence-electron chi connectivity index (χ0n) is 10.5. The summed E-state index contributed by atoms with van der Waals surface area (Å²) in [5.41, 5.74) is 2.24. The van der Waals surface area contributed by atoms with Gasteiger partial charge in [0.05, 0.1) is 4.91 Å². The van der Waals surface area contributed by atoms with Crippen molar-refractivity contribution in [3.05, 3.63) is 40.3 Å². The average Bonchev–Trinajstić information content (AvgIpc) is 2.60. The molecule has 1 aromatic carbocycles. The van der Waals surface area contributed by atoms with E-state index in [1.807, 2.05) is 44.2 Å². The van der Waals surface area contributed by atoms with Gasteiger partial charge in [0.2, 0.25) is 0 Å². The first-order chi connectivity index (χ1) is 8.63. The standard InChI is InChI=1S/C14H15NOS2/c1-3-8-15-13(16)12(18-14(15)17)9-11-7-5-4-6-10(11)2/h4-7,9H,3,8H2,1-2H3/b12-9-. The van der Waals surface area contributed by atoms with Gasteiger partial charge in [0.1, 0.15) is 4.32 Å². The highest BCUT2D eigenvalue weighted by Gasteiger charge is 2.31. The summed E-state index contributed by atoms with van der Waals surface area (Å²) in [4.78, 5) is 14.6. The minimum Gasteiger partial charge on any atom is -0.293 e. The Bertz CT molecular complexity index is 522. The maximum atomic E-state index is 12.2. The Balaban J connectivity index is 2.28. The molecule has 0 unspecified atom stereocenters. The minimum atomic E-state index is 0.0371. The summed E-state index contributed by atoms with van der Waals surface area (Å²) in [6.07, 6.45) is 2.86. The third-order valence-electron chi connectivity index (χ3n) is 2.80. The molecule has 1 aliphatic heterocycles. The summed E-state index contributed by atoms with van der Waals surface area (Å²) in [5.74, 6) is 0.0371. The number of benzene rings is 1. The van der Waals surface area contributed by atoms with Crippen LogP contribution in [0.2, 0.25) is 0 Å². The number of thioether (sulfide) groups is 1. The Kier molecular flexibility index (Phi) is 4.19. The quantitative estimate of drug-likeness (QED) is 0.622. The zero-order valence-corrected chi connectivity index (χ0v) is 12.1. The van der Waals surface area contributed by atoms with Crippen molar-refractivity contribution in [3.8, 4) is 0 Å².